The van der Waals surface area contributed by atoms with Gasteiger partial charge in [-0.3, -0.25) is 4.98 Å². The molecule has 0 atom stereocenters. The summed E-state index contributed by atoms with van der Waals surface area (Å²) < 4.78 is 52.5. The summed E-state index contributed by atoms with van der Waals surface area (Å²) in [5.41, 5.74) is 0. The van der Waals surface area contributed by atoms with Crippen LogP contribution in [0, 0.1) is 0 Å². The van der Waals surface area contributed by atoms with Crippen molar-refractivity contribution >= 4 is 0 Å². The fourth-order valence-electron chi connectivity index (χ4n) is 0.675. The zero-order valence-corrected chi connectivity index (χ0v) is 6.96. The molecule has 0 aromatic carbocycles. The summed E-state index contributed by atoms with van der Waals surface area (Å²) in [4.78, 5) is 3.57. The number of nitrogens with zero attached hydrogens (tertiary/aromatic N) is 1. The van der Waals surface area contributed by atoms with Crippen molar-refractivity contribution in [3.05, 3.63) is 24.5 Å². The molecule has 0 aliphatic carbocycles. The molecule has 0 saturated carbocycles. The van der Waals surface area contributed by atoms with Crippen molar-refractivity contribution in [1.29, 1.82) is 0 Å². The van der Waals surface area contributed by atoms with E-state index in [1.54, 1.807) is 0 Å². The van der Waals surface area contributed by atoms with Crippen molar-refractivity contribution in [2.24, 2.45) is 0 Å². The molecule has 0 aliphatic heterocycles. The monoisotopic (exact) mass is 209 g/mol. The van der Waals surface area contributed by atoms with Gasteiger partial charge in [-0.25, -0.2) is 8.78 Å². The molecule has 2 nitrogen and oxygen atoms in total. The summed E-state index contributed by atoms with van der Waals surface area (Å²) in [6, 6.07) is 2.81. The number of alkyl halides is 4. The molecule has 0 fully saturated rings. The van der Waals surface area contributed by atoms with Gasteiger partial charge in [-0.15, -0.1) is 0 Å². The molecule has 1 rings (SSSR count). The number of aromatic nitrogens is 1. The predicted octanol–water partition coefficient (Wildman–Crippen LogP) is 2.36. The van der Waals surface area contributed by atoms with E-state index in [1.165, 1.54) is 24.5 Å². The van der Waals surface area contributed by atoms with E-state index >= 15 is 0 Å². The topological polar surface area (TPSA) is 22.1 Å². The van der Waals surface area contributed by atoms with Gasteiger partial charge in [0.25, 0.3) is 0 Å². The molecule has 0 N–H and O–H groups in total. The van der Waals surface area contributed by atoms with Crippen LogP contribution in [0.5, 0.6) is 5.75 Å². The number of ether oxygens (including phenoxy) is 1. The van der Waals surface area contributed by atoms with Crippen LogP contribution in [-0.4, -0.2) is 23.9 Å². The van der Waals surface area contributed by atoms with Crippen LogP contribution in [0.1, 0.15) is 0 Å². The molecule has 78 valence electrons. The largest absolute Gasteiger partial charge is 0.485 e. The Balaban J connectivity index is 2.49. The highest BCUT2D eigenvalue weighted by molar-refractivity contribution is 5.15. The summed E-state index contributed by atoms with van der Waals surface area (Å²) in [6.45, 7) is -1.35. The van der Waals surface area contributed by atoms with E-state index in [0.29, 0.717) is 0 Å². The Bertz CT molecular complexity index is 278. The van der Waals surface area contributed by atoms with Crippen LogP contribution >= 0.6 is 0 Å². The molecule has 0 aliphatic rings. The van der Waals surface area contributed by atoms with Crippen LogP contribution in [0.4, 0.5) is 17.6 Å². The first-order chi connectivity index (χ1) is 6.52. The van der Waals surface area contributed by atoms with Crippen LogP contribution < -0.4 is 4.74 Å². The Hall–Kier alpha value is -1.33. The Kier molecular flexibility index (Phi) is 3.27. The molecule has 0 unspecified atom stereocenters. The average molecular weight is 209 g/mol. The minimum atomic E-state index is -4.13. The second-order valence-electron chi connectivity index (χ2n) is 2.54. The van der Waals surface area contributed by atoms with Gasteiger partial charge in [-0.05, 0) is 12.1 Å². The third-order valence-corrected chi connectivity index (χ3v) is 1.38. The molecule has 1 aromatic heterocycles. The molecular weight excluding hydrogens is 202 g/mol. The zero-order chi connectivity index (χ0) is 10.6. The van der Waals surface area contributed by atoms with Crippen LogP contribution in [0.2, 0.25) is 0 Å². The van der Waals surface area contributed by atoms with Crippen molar-refractivity contribution < 1.29 is 22.3 Å². The lowest BCUT2D eigenvalue weighted by atomic mass is 10.4. The van der Waals surface area contributed by atoms with Gasteiger partial charge < -0.3 is 4.74 Å². The lowest BCUT2D eigenvalue weighted by Gasteiger charge is -2.15. The SMILES string of the molecule is FC(F)C(F)(F)COc1cccnc1. The highest BCUT2D eigenvalue weighted by atomic mass is 19.3. The zero-order valence-electron chi connectivity index (χ0n) is 6.96. The maximum atomic E-state index is 12.3. The average Bonchev–Trinajstić information content (AvgIpc) is 2.16. The summed E-state index contributed by atoms with van der Waals surface area (Å²) >= 11 is 0. The Morgan fingerprint density at radius 1 is 1.43 bits per heavy atom. The van der Waals surface area contributed by atoms with Gasteiger partial charge in [0.15, 0.2) is 6.61 Å². The van der Waals surface area contributed by atoms with E-state index < -0.39 is 19.0 Å². The normalized spacial score (nSPS) is 11.8. The van der Waals surface area contributed by atoms with Crippen LogP contribution in [-0.2, 0) is 0 Å². The molecule has 0 spiro atoms. The standard InChI is InChI=1S/C8H7F4NO/c9-7(10)8(11,12)5-14-6-2-1-3-13-4-6/h1-4,7H,5H2. The molecule has 6 heteroatoms. The van der Waals surface area contributed by atoms with Gasteiger partial charge in [-0.1, -0.05) is 0 Å². The lowest BCUT2D eigenvalue weighted by Crippen LogP contribution is -2.33. The molecule has 14 heavy (non-hydrogen) atoms. The van der Waals surface area contributed by atoms with Crippen molar-refractivity contribution in [2.75, 3.05) is 6.61 Å². The van der Waals surface area contributed by atoms with Gasteiger partial charge in [0.1, 0.15) is 5.75 Å². The molecule has 0 radical (unpaired) electrons. The van der Waals surface area contributed by atoms with Gasteiger partial charge in [-0.2, -0.15) is 8.78 Å². The first kappa shape index (κ1) is 10.7. The molecular formula is C8H7F4NO. The fourth-order valence-corrected chi connectivity index (χ4v) is 0.675. The minimum Gasteiger partial charge on any atom is -0.485 e. The Labute approximate surface area is 77.5 Å². The highest BCUT2D eigenvalue weighted by Gasteiger charge is 2.41. The Morgan fingerprint density at radius 3 is 2.64 bits per heavy atom. The summed E-state index contributed by atoms with van der Waals surface area (Å²) in [5, 5.41) is 0. The maximum absolute atomic E-state index is 12.3. The third kappa shape index (κ3) is 2.86. The summed E-state index contributed by atoms with van der Waals surface area (Å²) in [5.74, 6) is -4.09. The van der Waals surface area contributed by atoms with E-state index in [-0.39, 0.29) is 5.75 Å². The van der Waals surface area contributed by atoms with Gasteiger partial charge in [0, 0.05) is 6.20 Å². The summed E-state index contributed by atoms with van der Waals surface area (Å²) in [6.07, 6.45) is -1.14. The number of pyridine rings is 1. The molecule has 1 aromatic rings. The van der Waals surface area contributed by atoms with Crippen molar-refractivity contribution in [2.45, 2.75) is 12.3 Å². The molecule has 0 amide bonds. The van der Waals surface area contributed by atoms with E-state index in [1.807, 2.05) is 0 Å². The minimum absolute atomic E-state index is 0.0350. The van der Waals surface area contributed by atoms with E-state index in [0.717, 1.165) is 0 Å². The van der Waals surface area contributed by atoms with Gasteiger partial charge in [0.05, 0.1) is 6.20 Å². The number of hydrogen-bond donors (Lipinski definition) is 0. The fraction of sp³-hybridized carbons (Fsp3) is 0.375. The van der Waals surface area contributed by atoms with Crippen LogP contribution in [0.15, 0.2) is 24.5 Å². The second-order valence-corrected chi connectivity index (χ2v) is 2.54. The predicted molar refractivity (Wildman–Crippen MR) is 40.7 cm³/mol. The first-order valence-corrected chi connectivity index (χ1v) is 3.71. The molecule has 0 saturated heterocycles. The lowest BCUT2D eigenvalue weighted by molar-refractivity contribution is -0.148. The van der Waals surface area contributed by atoms with E-state index in [9.17, 15) is 17.6 Å². The Morgan fingerprint density at radius 2 is 2.14 bits per heavy atom. The maximum Gasteiger partial charge on any atom is 0.340 e. The van der Waals surface area contributed by atoms with Crippen molar-refractivity contribution in [1.82, 2.24) is 4.98 Å². The van der Waals surface area contributed by atoms with Crippen molar-refractivity contribution in [3.8, 4) is 5.75 Å². The van der Waals surface area contributed by atoms with E-state index in [4.69, 9.17) is 0 Å². The second kappa shape index (κ2) is 4.26. The number of rotatable bonds is 4. The van der Waals surface area contributed by atoms with E-state index in [2.05, 4.69) is 9.72 Å². The number of hydrogen-bond acceptors (Lipinski definition) is 2. The third-order valence-electron chi connectivity index (χ3n) is 1.38. The molecule has 0 bridgehead atoms. The van der Waals surface area contributed by atoms with Crippen molar-refractivity contribution in [3.63, 3.8) is 0 Å². The number of halogens is 4. The van der Waals surface area contributed by atoms with Crippen LogP contribution in [0.25, 0.3) is 0 Å². The van der Waals surface area contributed by atoms with Gasteiger partial charge >= 0.3 is 12.3 Å². The first-order valence-electron chi connectivity index (χ1n) is 3.71. The van der Waals surface area contributed by atoms with Gasteiger partial charge in [0.2, 0.25) is 0 Å². The van der Waals surface area contributed by atoms with Crippen LogP contribution in [0.3, 0.4) is 0 Å². The molecule has 1 heterocycles. The smallest absolute Gasteiger partial charge is 0.340 e. The highest BCUT2D eigenvalue weighted by Crippen LogP contribution is 2.23. The quantitative estimate of drug-likeness (QED) is 0.710. The summed E-state index contributed by atoms with van der Waals surface area (Å²) in [7, 11) is 0.